The van der Waals surface area contributed by atoms with E-state index < -0.39 is 0 Å². The molecule has 1 unspecified atom stereocenters. The maximum Gasteiger partial charge on any atom is 0.252 e. The van der Waals surface area contributed by atoms with Gasteiger partial charge in [0, 0.05) is 19.7 Å². The Morgan fingerprint density at radius 2 is 2.50 bits per heavy atom. The fourth-order valence-corrected chi connectivity index (χ4v) is 1.54. The highest BCUT2D eigenvalue weighted by atomic mass is 16.5. The van der Waals surface area contributed by atoms with Gasteiger partial charge in [-0.05, 0) is 12.8 Å². The first-order valence-corrected chi connectivity index (χ1v) is 4.91. The van der Waals surface area contributed by atoms with Gasteiger partial charge in [0.1, 0.15) is 6.10 Å². The first-order chi connectivity index (χ1) is 6.79. The van der Waals surface area contributed by atoms with Gasteiger partial charge in [0.15, 0.2) is 0 Å². The molecule has 1 amide bonds. The summed E-state index contributed by atoms with van der Waals surface area (Å²) in [5, 5.41) is 8.79. The molecule has 4 heteroatoms. The van der Waals surface area contributed by atoms with Crippen LogP contribution < -0.4 is 0 Å². The van der Waals surface area contributed by atoms with Crippen LogP contribution in [0.1, 0.15) is 12.8 Å². The van der Waals surface area contributed by atoms with Crippen molar-refractivity contribution in [2.45, 2.75) is 18.9 Å². The Hall–Kier alpha value is -0.870. The van der Waals surface area contributed by atoms with Crippen LogP contribution in [0, 0.1) is 0 Å². The highest BCUT2D eigenvalue weighted by Crippen LogP contribution is 2.14. The van der Waals surface area contributed by atoms with Gasteiger partial charge in [-0.3, -0.25) is 4.79 Å². The van der Waals surface area contributed by atoms with Crippen LogP contribution in [0.3, 0.4) is 0 Å². The van der Waals surface area contributed by atoms with E-state index in [1.807, 2.05) is 0 Å². The number of aliphatic hydroxyl groups excluding tert-OH is 1. The molecule has 4 nitrogen and oxygen atoms in total. The Balaban J connectivity index is 2.47. The predicted molar refractivity (Wildman–Crippen MR) is 52.8 cm³/mol. The summed E-state index contributed by atoms with van der Waals surface area (Å²) in [6.07, 6.45) is 3.08. The summed E-state index contributed by atoms with van der Waals surface area (Å²) >= 11 is 0. The van der Waals surface area contributed by atoms with Gasteiger partial charge in [0.25, 0.3) is 5.91 Å². The molecular formula is C10H17NO3. The van der Waals surface area contributed by atoms with Crippen molar-refractivity contribution in [1.29, 1.82) is 0 Å². The molecule has 1 aliphatic heterocycles. The molecular weight excluding hydrogens is 182 g/mol. The summed E-state index contributed by atoms with van der Waals surface area (Å²) in [6.45, 7) is 5.04. The quantitative estimate of drug-likeness (QED) is 0.642. The lowest BCUT2D eigenvalue weighted by atomic mass is 10.2. The monoisotopic (exact) mass is 199 g/mol. The SMILES string of the molecule is C=CCN(CCO)C(=O)C1CCCO1. The number of carbonyl (C=O) groups excluding carboxylic acids is 1. The molecule has 1 aliphatic rings. The van der Waals surface area contributed by atoms with E-state index in [1.54, 1.807) is 11.0 Å². The Bertz CT molecular complexity index is 200. The number of rotatable bonds is 5. The van der Waals surface area contributed by atoms with Gasteiger partial charge in [0.05, 0.1) is 6.61 Å². The van der Waals surface area contributed by atoms with Crippen molar-refractivity contribution in [3.05, 3.63) is 12.7 Å². The summed E-state index contributed by atoms with van der Waals surface area (Å²) in [4.78, 5) is 13.3. The zero-order chi connectivity index (χ0) is 10.4. The number of ether oxygens (including phenoxy) is 1. The first-order valence-electron chi connectivity index (χ1n) is 4.91. The standard InChI is InChI=1S/C10H17NO3/c1-2-5-11(6-7-12)10(13)9-4-3-8-14-9/h2,9,12H,1,3-8H2. The molecule has 0 saturated carbocycles. The van der Waals surface area contributed by atoms with Crippen LogP contribution in [0.15, 0.2) is 12.7 Å². The Kier molecular flexibility index (Phi) is 4.62. The number of carbonyl (C=O) groups is 1. The molecule has 0 aliphatic carbocycles. The molecule has 1 fully saturated rings. The maximum absolute atomic E-state index is 11.8. The molecule has 80 valence electrons. The highest BCUT2D eigenvalue weighted by molar-refractivity contribution is 5.81. The van der Waals surface area contributed by atoms with E-state index in [-0.39, 0.29) is 18.6 Å². The topological polar surface area (TPSA) is 49.8 Å². The van der Waals surface area contributed by atoms with E-state index in [0.717, 1.165) is 12.8 Å². The highest BCUT2D eigenvalue weighted by Gasteiger charge is 2.27. The zero-order valence-electron chi connectivity index (χ0n) is 8.32. The molecule has 0 bridgehead atoms. The van der Waals surface area contributed by atoms with E-state index in [9.17, 15) is 4.79 Å². The number of nitrogens with zero attached hydrogens (tertiary/aromatic N) is 1. The molecule has 1 atom stereocenters. The third kappa shape index (κ3) is 2.82. The minimum absolute atomic E-state index is 0.0215. The minimum Gasteiger partial charge on any atom is -0.395 e. The van der Waals surface area contributed by atoms with Gasteiger partial charge in [-0.1, -0.05) is 6.08 Å². The van der Waals surface area contributed by atoms with Crippen LogP contribution >= 0.6 is 0 Å². The fourth-order valence-electron chi connectivity index (χ4n) is 1.54. The normalized spacial score (nSPS) is 20.8. The third-order valence-corrected chi connectivity index (χ3v) is 2.24. The Morgan fingerprint density at radius 1 is 1.71 bits per heavy atom. The van der Waals surface area contributed by atoms with E-state index in [4.69, 9.17) is 9.84 Å². The van der Waals surface area contributed by atoms with Crippen molar-refractivity contribution in [2.75, 3.05) is 26.3 Å². The summed E-state index contributed by atoms with van der Waals surface area (Å²) in [5.74, 6) is -0.0311. The molecule has 1 saturated heterocycles. The van der Waals surface area contributed by atoms with Gasteiger partial charge in [0.2, 0.25) is 0 Å². The number of hydrogen-bond acceptors (Lipinski definition) is 3. The van der Waals surface area contributed by atoms with Crippen molar-refractivity contribution >= 4 is 5.91 Å². The number of amides is 1. The van der Waals surface area contributed by atoms with Gasteiger partial charge in [-0.2, -0.15) is 0 Å². The van der Waals surface area contributed by atoms with E-state index in [1.165, 1.54) is 0 Å². The lowest BCUT2D eigenvalue weighted by Gasteiger charge is -2.22. The predicted octanol–water partition coefficient (Wildman–Crippen LogP) is 0.172. The average Bonchev–Trinajstić information content (AvgIpc) is 2.69. The molecule has 1 heterocycles. The Morgan fingerprint density at radius 3 is 3.00 bits per heavy atom. The van der Waals surface area contributed by atoms with Crippen LogP contribution in [0.25, 0.3) is 0 Å². The zero-order valence-corrected chi connectivity index (χ0v) is 8.32. The van der Waals surface area contributed by atoms with E-state index >= 15 is 0 Å². The summed E-state index contributed by atoms with van der Waals surface area (Å²) in [5.41, 5.74) is 0. The molecule has 0 aromatic carbocycles. The van der Waals surface area contributed by atoms with Crippen molar-refractivity contribution in [1.82, 2.24) is 4.90 Å². The van der Waals surface area contributed by atoms with Crippen LogP contribution in [0.5, 0.6) is 0 Å². The molecule has 1 N–H and O–H groups in total. The maximum atomic E-state index is 11.8. The lowest BCUT2D eigenvalue weighted by Crippen LogP contribution is -2.40. The van der Waals surface area contributed by atoms with Crippen molar-refractivity contribution in [3.63, 3.8) is 0 Å². The van der Waals surface area contributed by atoms with E-state index in [0.29, 0.717) is 19.7 Å². The molecule has 0 radical (unpaired) electrons. The summed E-state index contributed by atoms with van der Waals surface area (Å²) in [7, 11) is 0. The molecule has 0 aromatic rings. The smallest absolute Gasteiger partial charge is 0.252 e. The number of aliphatic hydroxyl groups is 1. The van der Waals surface area contributed by atoms with Crippen molar-refractivity contribution in [2.24, 2.45) is 0 Å². The largest absolute Gasteiger partial charge is 0.395 e. The van der Waals surface area contributed by atoms with Gasteiger partial charge in [-0.25, -0.2) is 0 Å². The van der Waals surface area contributed by atoms with Crippen LogP contribution in [0.2, 0.25) is 0 Å². The average molecular weight is 199 g/mol. The van der Waals surface area contributed by atoms with Crippen molar-refractivity contribution in [3.8, 4) is 0 Å². The fraction of sp³-hybridized carbons (Fsp3) is 0.700. The van der Waals surface area contributed by atoms with Gasteiger partial charge >= 0.3 is 0 Å². The summed E-state index contributed by atoms with van der Waals surface area (Å²) < 4.78 is 5.28. The first kappa shape index (κ1) is 11.2. The summed E-state index contributed by atoms with van der Waals surface area (Å²) in [6, 6.07) is 0. The molecule has 0 spiro atoms. The molecule has 0 aromatic heterocycles. The second kappa shape index (κ2) is 5.78. The van der Waals surface area contributed by atoms with Crippen LogP contribution in [-0.4, -0.2) is 48.3 Å². The van der Waals surface area contributed by atoms with Crippen molar-refractivity contribution < 1.29 is 14.6 Å². The van der Waals surface area contributed by atoms with Crippen LogP contribution in [-0.2, 0) is 9.53 Å². The molecule has 1 rings (SSSR count). The second-order valence-electron chi connectivity index (χ2n) is 3.30. The minimum atomic E-state index is -0.304. The van der Waals surface area contributed by atoms with Gasteiger partial charge < -0.3 is 14.7 Å². The van der Waals surface area contributed by atoms with Crippen LogP contribution in [0.4, 0.5) is 0 Å². The second-order valence-corrected chi connectivity index (χ2v) is 3.30. The Labute approximate surface area is 84.2 Å². The number of hydrogen-bond donors (Lipinski definition) is 1. The lowest BCUT2D eigenvalue weighted by molar-refractivity contribution is -0.140. The molecule has 14 heavy (non-hydrogen) atoms. The third-order valence-electron chi connectivity index (χ3n) is 2.24. The van der Waals surface area contributed by atoms with Gasteiger partial charge in [-0.15, -0.1) is 6.58 Å². The van der Waals surface area contributed by atoms with E-state index in [2.05, 4.69) is 6.58 Å².